The maximum absolute atomic E-state index is 11.2. The van der Waals surface area contributed by atoms with Gasteiger partial charge in [0.1, 0.15) is 0 Å². The van der Waals surface area contributed by atoms with E-state index in [4.69, 9.17) is 0 Å². The van der Waals surface area contributed by atoms with Gasteiger partial charge in [0.15, 0.2) is 0 Å². The van der Waals surface area contributed by atoms with Gasteiger partial charge in [0, 0.05) is 0 Å². The molecule has 0 aromatic heterocycles. The Bertz CT molecular complexity index is 421. The van der Waals surface area contributed by atoms with Gasteiger partial charge in [0.2, 0.25) is 0 Å². The summed E-state index contributed by atoms with van der Waals surface area (Å²) in [6.07, 6.45) is 8.51. The summed E-state index contributed by atoms with van der Waals surface area (Å²) >= 11 is 0. The smallest absolute Gasteiger partial charge is 0.0924 e. The molecule has 0 spiro atoms. The molecule has 1 heteroatoms. The average Bonchev–Trinajstić information content (AvgIpc) is 2.32. The third-order valence-electron chi connectivity index (χ3n) is 5.23. The number of aliphatic hydroxyl groups is 1. The van der Waals surface area contributed by atoms with Crippen molar-refractivity contribution in [2.75, 3.05) is 0 Å². The van der Waals surface area contributed by atoms with E-state index >= 15 is 0 Å². The zero-order chi connectivity index (χ0) is 12.6. The van der Waals surface area contributed by atoms with E-state index < -0.39 is 5.60 Å². The number of hydrogen-bond acceptors (Lipinski definition) is 1. The fraction of sp³-hybridized carbons (Fsp3) is 0.647. The second kappa shape index (κ2) is 4.70. The fourth-order valence-electron chi connectivity index (χ4n) is 3.70. The second-order valence-corrected chi connectivity index (χ2v) is 6.29. The topological polar surface area (TPSA) is 20.2 Å². The Hall–Kier alpha value is -0.820. The van der Waals surface area contributed by atoms with E-state index in [9.17, 15) is 5.11 Å². The van der Waals surface area contributed by atoms with Crippen LogP contribution < -0.4 is 0 Å². The van der Waals surface area contributed by atoms with Gasteiger partial charge in [-0.3, -0.25) is 0 Å². The van der Waals surface area contributed by atoms with Crippen LogP contribution in [0.4, 0.5) is 0 Å². The molecule has 2 aliphatic rings. The maximum Gasteiger partial charge on any atom is 0.0924 e. The molecule has 2 saturated carbocycles. The lowest BCUT2D eigenvalue weighted by Crippen LogP contribution is -2.37. The lowest BCUT2D eigenvalue weighted by Gasteiger charge is -2.41. The predicted molar refractivity (Wildman–Crippen MR) is 74.6 cm³/mol. The molecule has 2 fully saturated rings. The highest BCUT2D eigenvalue weighted by Gasteiger charge is 2.40. The summed E-state index contributed by atoms with van der Waals surface area (Å²) in [5.41, 5.74) is 2.10. The molecule has 1 N–H and O–H groups in total. The summed E-state index contributed by atoms with van der Waals surface area (Å²) in [6.45, 7) is 2.22. The minimum absolute atomic E-state index is 0.396. The summed E-state index contributed by atoms with van der Waals surface area (Å²) in [6, 6.07) is 8.65. The lowest BCUT2D eigenvalue weighted by molar-refractivity contribution is -0.0481. The van der Waals surface area contributed by atoms with Crippen LogP contribution in [0.25, 0.3) is 0 Å². The quantitative estimate of drug-likeness (QED) is 0.820. The van der Waals surface area contributed by atoms with Gasteiger partial charge in [-0.1, -0.05) is 50.5 Å². The monoisotopic (exact) mass is 244 g/mol. The van der Waals surface area contributed by atoms with Crippen LogP contribution in [-0.4, -0.2) is 5.11 Å². The van der Waals surface area contributed by atoms with Gasteiger partial charge in [0.05, 0.1) is 5.60 Å². The van der Waals surface area contributed by atoms with Gasteiger partial charge in [-0.25, -0.2) is 0 Å². The van der Waals surface area contributed by atoms with E-state index in [1.54, 1.807) is 0 Å². The van der Waals surface area contributed by atoms with Crippen molar-refractivity contribution < 1.29 is 5.11 Å². The van der Waals surface area contributed by atoms with Crippen LogP contribution >= 0.6 is 0 Å². The molecule has 1 aromatic rings. The first kappa shape index (κ1) is 12.2. The van der Waals surface area contributed by atoms with Crippen LogP contribution in [0.2, 0.25) is 0 Å². The number of benzene rings is 1. The van der Waals surface area contributed by atoms with Crippen molar-refractivity contribution in [2.24, 2.45) is 5.92 Å². The summed E-state index contributed by atoms with van der Waals surface area (Å²) < 4.78 is 0. The fourth-order valence-corrected chi connectivity index (χ4v) is 3.70. The molecule has 0 heterocycles. The summed E-state index contributed by atoms with van der Waals surface area (Å²) in [4.78, 5) is 0. The van der Waals surface area contributed by atoms with Gasteiger partial charge in [0.25, 0.3) is 0 Å². The third-order valence-corrected chi connectivity index (χ3v) is 5.23. The minimum Gasteiger partial charge on any atom is -0.385 e. The molecule has 0 radical (unpaired) electrons. The normalized spacial score (nSPS) is 33.1. The van der Waals surface area contributed by atoms with Crippen molar-refractivity contribution in [3.05, 3.63) is 35.4 Å². The van der Waals surface area contributed by atoms with E-state index in [1.807, 2.05) is 0 Å². The molecule has 0 aliphatic heterocycles. The molecule has 0 bridgehead atoms. The van der Waals surface area contributed by atoms with E-state index in [1.165, 1.54) is 43.2 Å². The Balaban J connectivity index is 1.99. The van der Waals surface area contributed by atoms with E-state index in [0.717, 1.165) is 12.8 Å². The zero-order valence-corrected chi connectivity index (χ0v) is 11.4. The standard InChI is InChI=1S/C17H24O/c1-13-7-4-5-12-17(13,18)16-11-3-2-10-15(16)14-8-6-9-14/h2-3,10-11,13-14,18H,4-9,12H2,1H3. The first-order valence-corrected chi connectivity index (χ1v) is 7.53. The van der Waals surface area contributed by atoms with Gasteiger partial charge >= 0.3 is 0 Å². The molecular weight excluding hydrogens is 220 g/mol. The van der Waals surface area contributed by atoms with Crippen LogP contribution in [-0.2, 0) is 5.60 Å². The highest BCUT2D eigenvalue weighted by atomic mass is 16.3. The minimum atomic E-state index is -0.565. The SMILES string of the molecule is CC1CCCCC1(O)c1ccccc1C1CCC1. The van der Waals surface area contributed by atoms with E-state index in [0.29, 0.717) is 11.8 Å². The molecule has 1 aromatic carbocycles. The summed E-state index contributed by atoms with van der Waals surface area (Å²) in [5, 5.41) is 11.2. The molecule has 2 atom stereocenters. The van der Waals surface area contributed by atoms with Crippen molar-refractivity contribution in [1.82, 2.24) is 0 Å². The first-order valence-electron chi connectivity index (χ1n) is 7.53. The Morgan fingerprint density at radius 2 is 1.83 bits per heavy atom. The molecule has 0 saturated heterocycles. The van der Waals surface area contributed by atoms with Crippen LogP contribution in [0.5, 0.6) is 0 Å². The molecule has 1 nitrogen and oxygen atoms in total. The third kappa shape index (κ3) is 1.89. The van der Waals surface area contributed by atoms with Crippen LogP contribution in [0, 0.1) is 5.92 Å². The maximum atomic E-state index is 11.2. The number of rotatable bonds is 2. The Kier molecular flexibility index (Phi) is 3.19. The second-order valence-electron chi connectivity index (χ2n) is 6.29. The molecular formula is C17H24O. The van der Waals surface area contributed by atoms with Crippen molar-refractivity contribution in [1.29, 1.82) is 0 Å². The Morgan fingerprint density at radius 1 is 1.06 bits per heavy atom. The van der Waals surface area contributed by atoms with E-state index in [-0.39, 0.29) is 0 Å². The van der Waals surface area contributed by atoms with Crippen molar-refractivity contribution >= 4 is 0 Å². The van der Waals surface area contributed by atoms with E-state index in [2.05, 4.69) is 31.2 Å². The molecule has 2 unspecified atom stereocenters. The highest BCUT2D eigenvalue weighted by Crippen LogP contribution is 2.47. The largest absolute Gasteiger partial charge is 0.385 e. The Labute approximate surface area is 110 Å². The lowest BCUT2D eigenvalue weighted by atomic mass is 9.68. The van der Waals surface area contributed by atoms with Crippen LogP contribution in [0.15, 0.2) is 24.3 Å². The van der Waals surface area contributed by atoms with Crippen molar-refractivity contribution in [3.8, 4) is 0 Å². The van der Waals surface area contributed by atoms with Crippen LogP contribution in [0.1, 0.15) is 68.9 Å². The number of hydrogen-bond donors (Lipinski definition) is 1. The van der Waals surface area contributed by atoms with Crippen molar-refractivity contribution in [2.45, 2.75) is 63.4 Å². The van der Waals surface area contributed by atoms with Gasteiger partial charge in [-0.05, 0) is 48.6 Å². The average molecular weight is 244 g/mol. The Morgan fingerprint density at radius 3 is 2.50 bits per heavy atom. The molecule has 98 valence electrons. The van der Waals surface area contributed by atoms with Gasteiger partial charge in [-0.2, -0.15) is 0 Å². The van der Waals surface area contributed by atoms with Gasteiger partial charge < -0.3 is 5.11 Å². The van der Waals surface area contributed by atoms with Crippen LogP contribution in [0.3, 0.4) is 0 Å². The zero-order valence-electron chi connectivity index (χ0n) is 11.4. The summed E-state index contributed by atoms with van der Waals surface area (Å²) in [5.74, 6) is 1.10. The molecule has 18 heavy (non-hydrogen) atoms. The predicted octanol–water partition coefficient (Wildman–Crippen LogP) is 4.35. The highest BCUT2D eigenvalue weighted by molar-refractivity contribution is 5.37. The van der Waals surface area contributed by atoms with Crippen molar-refractivity contribution in [3.63, 3.8) is 0 Å². The molecule has 2 aliphatic carbocycles. The molecule has 0 amide bonds. The first-order chi connectivity index (χ1) is 8.72. The summed E-state index contributed by atoms with van der Waals surface area (Å²) in [7, 11) is 0. The van der Waals surface area contributed by atoms with Gasteiger partial charge in [-0.15, -0.1) is 0 Å². The molecule has 3 rings (SSSR count).